The first-order valence-electron chi connectivity index (χ1n) is 27.1. The molecular formula is C59H100O6. The van der Waals surface area contributed by atoms with Crippen LogP contribution in [0.15, 0.2) is 85.1 Å². The second kappa shape index (κ2) is 53.2. The van der Waals surface area contributed by atoms with Crippen molar-refractivity contribution in [3.05, 3.63) is 85.1 Å². The lowest BCUT2D eigenvalue weighted by atomic mass is 10.0. The lowest BCUT2D eigenvalue weighted by Gasteiger charge is -2.18. The van der Waals surface area contributed by atoms with Crippen molar-refractivity contribution in [2.24, 2.45) is 0 Å². The van der Waals surface area contributed by atoms with Gasteiger partial charge in [0, 0.05) is 19.3 Å². The van der Waals surface area contributed by atoms with Crippen molar-refractivity contribution in [3.63, 3.8) is 0 Å². The molecule has 0 aromatic carbocycles. The molecule has 6 heteroatoms. The maximum Gasteiger partial charge on any atom is 0.306 e. The van der Waals surface area contributed by atoms with Gasteiger partial charge in [-0.25, -0.2) is 0 Å². The summed E-state index contributed by atoms with van der Waals surface area (Å²) >= 11 is 0. The standard InChI is InChI=1S/C59H100O6/c1-4-7-10-13-16-19-21-23-25-27-28-29-30-31-32-33-35-36-38-40-43-46-49-52-58(61)64-55-56(54-63-57(60)51-48-45-42-18-15-12-9-6-3)65-59(62)53-50-47-44-41-39-37-34-26-24-22-20-17-14-11-8-5-2/h7,10,16,19,23,25,28-29,31-32,35-36,40,43,56H,4-6,8-9,11-15,17-18,20-22,24,26-27,30,33-34,37-39,41-42,44-55H2,1-3H3/b10-7-,19-16-,25-23-,29-28-,32-31-,36-35-,43-40-. The van der Waals surface area contributed by atoms with Crippen LogP contribution in [0.1, 0.15) is 252 Å². The van der Waals surface area contributed by atoms with Crippen LogP contribution in [0.2, 0.25) is 0 Å². The highest BCUT2D eigenvalue weighted by atomic mass is 16.6. The third-order valence-corrected chi connectivity index (χ3v) is 11.4. The quantitative estimate of drug-likeness (QED) is 0.0262. The summed E-state index contributed by atoms with van der Waals surface area (Å²) in [5, 5.41) is 0. The van der Waals surface area contributed by atoms with Gasteiger partial charge in [0.25, 0.3) is 0 Å². The van der Waals surface area contributed by atoms with E-state index in [-0.39, 0.29) is 37.5 Å². The molecule has 0 amide bonds. The Hall–Kier alpha value is -3.41. The number of carbonyl (C=O) groups excluding carboxylic acids is 3. The van der Waals surface area contributed by atoms with Crippen LogP contribution >= 0.6 is 0 Å². The zero-order valence-electron chi connectivity index (χ0n) is 42.5. The van der Waals surface area contributed by atoms with Crippen molar-refractivity contribution in [1.29, 1.82) is 0 Å². The normalized spacial score (nSPS) is 12.7. The molecule has 6 nitrogen and oxygen atoms in total. The van der Waals surface area contributed by atoms with Crippen LogP contribution in [0.4, 0.5) is 0 Å². The summed E-state index contributed by atoms with van der Waals surface area (Å²) in [6.07, 6.45) is 68.7. The van der Waals surface area contributed by atoms with Crippen molar-refractivity contribution < 1.29 is 28.6 Å². The summed E-state index contributed by atoms with van der Waals surface area (Å²) < 4.78 is 16.7. The molecule has 0 aliphatic carbocycles. The van der Waals surface area contributed by atoms with Gasteiger partial charge in [0.15, 0.2) is 6.10 Å². The van der Waals surface area contributed by atoms with Crippen LogP contribution in [0.25, 0.3) is 0 Å². The highest BCUT2D eigenvalue weighted by molar-refractivity contribution is 5.71. The van der Waals surface area contributed by atoms with Gasteiger partial charge >= 0.3 is 17.9 Å². The van der Waals surface area contributed by atoms with Gasteiger partial charge in [-0.2, -0.15) is 0 Å². The Morgan fingerprint density at radius 3 is 0.938 bits per heavy atom. The molecule has 0 aromatic rings. The number of carbonyl (C=O) groups is 3. The fourth-order valence-corrected chi connectivity index (χ4v) is 7.37. The molecule has 0 aliphatic rings. The van der Waals surface area contributed by atoms with Crippen LogP contribution in [-0.2, 0) is 28.6 Å². The van der Waals surface area contributed by atoms with Crippen molar-refractivity contribution in [3.8, 4) is 0 Å². The van der Waals surface area contributed by atoms with Crippen molar-refractivity contribution in [2.45, 2.75) is 258 Å². The Morgan fingerprint density at radius 2 is 0.600 bits per heavy atom. The van der Waals surface area contributed by atoms with E-state index in [0.29, 0.717) is 19.3 Å². The average Bonchev–Trinajstić information content (AvgIpc) is 3.30. The second-order valence-corrected chi connectivity index (χ2v) is 17.8. The Balaban J connectivity index is 4.36. The summed E-state index contributed by atoms with van der Waals surface area (Å²) in [5.74, 6) is -0.955. The van der Waals surface area contributed by atoms with E-state index in [2.05, 4.69) is 106 Å². The van der Waals surface area contributed by atoms with Crippen molar-refractivity contribution in [1.82, 2.24) is 0 Å². The molecule has 0 heterocycles. The first kappa shape index (κ1) is 61.6. The molecule has 0 aliphatic heterocycles. The predicted octanol–water partition coefficient (Wildman–Crippen LogP) is 18.0. The number of rotatable bonds is 48. The number of hydrogen-bond acceptors (Lipinski definition) is 6. The fraction of sp³-hybridized carbons (Fsp3) is 0.712. The fourth-order valence-electron chi connectivity index (χ4n) is 7.37. The summed E-state index contributed by atoms with van der Waals surface area (Å²) in [5.41, 5.74) is 0. The first-order valence-corrected chi connectivity index (χ1v) is 27.1. The highest BCUT2D eigenvalue weighted by Crippen LogP contribution is 2.15. The molecule has 0 N–H and O–H groups in total. The van der Waals surface area contributed by atoms with Crippen molar-refractivity contribution in [2.75, 3.05) is 13.2 Å². The minimum atomic E-state index is -0.795. The van der Waals surface area contributed by atoms with Crippen LogP contribution in [0.3, 0.4) is 0 Å². The number of hydrogen-bond donors (Lipinski definition) is 0. The number of unbranched alkanes of at least 4 members (excludes halogenated alkanes) is 23. The Labute approximate surface area is 401 Å². The summed E-state index contributed by atoms with van der Waals surface area (Å²) in [6, 6.07) is 0. The lowest BCUT2D eigenvalue weighted by Crippen LogP contribution is -2.30. The molecule has 0 aromatic heterocycles. The van der Waals surface area contributed by atoms with Gasteiger partial charge in [0.2, 0.25) is 0 Å². The Bertz CT molecular complexity index is 1270. The number of ether oxygens (including phenoxy) is 3. The lowest BCUT2D eigenvalue weighted by molar-refractivity contribution is -0.167. The van der Waals surface area contributed by atoms with Gasteiger partial charge in [-0.1, -0.05) is 247 Å². The molecule has 65 heavy (non-hydrogen) atoms. The predicted molar refractivity (Wildman–Crippen MR) is 279 cm³/mol. The monoisotopic (exact) mass is 905 g/mol. The maximum atomic E-state index is 12.8. The van der Waals surface area contributed by atoms with E-state index in [4.69, 9.17) is 14.2 Å². The molecule has 1 unspecified atom stereocenters. The smallest absolute Gasteiger partial charge is 0.306 e. The molecule has 0 radical (unpaired) electrons. The SMILES string of the molecule is CC/C=C\C/C=C\C/C=C\C/C=C\C/C=C\C/C=C\C/C=C\CCCC(=O)OCC(COC(=O)CCCCCCCCCC)OC(=O)CCCCCCCCCCCCCCCCCC. The topological polar surface area (TPSA) is 78.9 Å². The van der Waals surface area contributed by atoms with Gasteiger partial charge in [0.05, 0.1) is 0 Å². The van der Waals surface area contributed by atoms with E-state index in [1.807, 2.05) is 0 Å². The van der Waals surface area contributed by atoms with Crippen LogP contribution < -0.4 is 0 Å². The zero-order valence-corrected chi connectivity index (χ0v) is 42.5. The van der Waals surface area contributed by atoms with E-state index < -0.39 is 6.10 Å². The molecule has 0 rings (SSSR count). The van der Waals surface area contributed by atoms with Gasteiger partial charge in [0.1, 0.15) is 13.2 Å². The first-order chi connectivity index (χ1) is 32.0. The van der Waals surface area contributed by atoms with E-state index in [1.165, 1.54) is 116 Å². The molecule has 0 saturated heterocycles. The maximum absolute atomic E-state index is 12.8. The van der Waals surface area contributed by atoms with E-state index in [1.54, 1.807) is 0 Å². The average molecular weight is 905 g/mol. The third-order valence-electron chi connectivity index (χ3n) is 11.4. The second-order valence-electron chi connectivity index (χ2n) is 17.8. The third kappa shape index (κ3) is 51.4. The molecular weight excluding hydrogens is 805 g/mol. The van der Waals surface area contributed by atoms with Gasteiger partial charge < -0.3 is 14.2 Å². The largest absolute Gasteiger partial charge is 0.462 e. The van der Waals surface area contributed by atoms with E-state index in [9.17, 15) is 14.4 Å². The number of allylic oxidation sites excluding steroid dienone is 14. The molecule has 0 spiro atoms. The Morgan fingerprint density at radius 1 is 0.323 bits per heavy atom. The molecule has 372 valence electrons. The molecule has 0 fully saturated rings. The minimum Gasteiger partial charge on any atom is -0.462 e. The minimum absolute atomic E-state index is 0.0921. The van der Waals surface area contributed by atoms with Gasteiger partial charge in [-0.15, -0.1) is 0 Å². The Kier molecular flexibility index (Phi) is 50.4. The van der Waals surface area contributed by atoms with E-state index >= 15 is 0 Å². The number of esters is 3. The zero-order chi connectivity index (χ0) is 47.2. The molecule has 0 saturated carbocycles. The summed E-state index contributed by atoms with van der Waals surface area (Å²) in [4.78, 5) is 37.9. The van der Waals surface area contributed by atoms with Crippen LogP contribution in [-0.4, -0.2) is 37.2 Å². The summed E-state index contributed by atoms with van der Waals surface area (Å²) in [6.45, 7) is 6.45. The van der Waals surface area contributed by atoms with Crippen LogP contribution in [0.5, 0.6) is 0 Å². The van der Waals surface area contributed by atoms with Crippen LogP contribution in [0, 0.1) is 0 Å². The van der Waals surface area contributed by atoms with Gasteiger partial charge in [-0.3, -0.25) is 14.4 Å². The molecule has 1 atom stereocenters. The van der Waals surface area contributed by atoms with Crippen molar-refractivity contribution >= 4 is 17.9 Å². The summed E-state index contributed by atoms with van der Waals surface area (Å²) in [7, 11) is 0. The van der Waals surface area contributed by atoms with E-state index in [0.717, 1.165) is 89.9 Å². The van der Waals surface area contributed by atoms with Gasteiger partial charge in [-0.05, 0) is 70.6 Å². The molecule has 0 bridgehead atoms. The highest BCUT2D eigenvalue weighted by Gasteiger charge is 2.19.